The van der Waals surface area contributed by atoms with Gasteiger partial charge in [-0.2, -0.15) is 9.97 Å². The molecule has 0 unspecified atom stereocenters. The van der Waals surface area contributed by atoms with Crippen LogP contribution in [-0.2, 0) is 10.6 Å². The Bertz CT molecular complexity index is 626. The molecule has 0 aromatic carbocycles. The lowest BCUT2D eigenvalue weighted by atomic mass is 10.4. The highest BCUT2D eigenvalue weighted by atomic mass is 35.5. The number of aryl methyl sites for hydroxylation is 1. The van der Waals surface area contributed by atoms with E-state index in [-0.39, 0.29) is 5.28 Å². The Morgan fingerprint density at radius 3 is 2.70 bits per heavy atom. The van der Waals surface area contributed by atoms with Gasteiger partial charge in [-0.25, -0.2) is 4.98 Å². The molecule has 1 aliphatic heterocycles. The first-order valence-electron chi connectivity index (χ1n) is 6.42. The molecule has 6 nitrogen and oxygen atoms in total. The number of rotatable bonds is 3. The smallest absolute Gasteiger partial charge is 0.226 e. The Hall–Kier alpha value is -1.05. The molecule has 0 atom stereocenters. The van der Waals surface area contributed by atoms with E-state index in [1.807, 2.05) is 6.92 Å². The Morgan fingerprint density at radius 2 is 2.00 bits per heavy atom. The zero-order valence-corrected chi connectivity index (χ0v) is 13.0. The third kappa shape index (κ3) is 2.45. The molecule has 8 heteroatoms. The first-order valence-corrected chi connectivity index (χ1v) is 8.20. The van der Waals surface area contributed by atoms with E-state index in [4.69, 9.17) is 16.3 Å². The van der Waals surface area contributed by atoms with Crippen molar-refractivity contribution in [3.05, 3.63) is 11.1 Å². The number of thioether (sulfide) groups is 1. The Balaban J connectivity index is 2.14. The summed E-state index contributed by atoms with van der Waals surface area (Å²) in [4.78, 5) is 15.5. The van der Waals surface area contributed by atoms with Gasteiger partial charge in [-0.3, -0.25) is 0 Å². The highest BCUT2D eigenvalue weighted by Crippen LogP contribution is 2.27. The van der Waals surface area contributed by atoms with Crippen molar-refractivity contribution >= 4 is 40.3 Å². The Kier molecular flexibility index (Phi) is 4.00. The maximum Gasteiger partial charge on any atom is 0.226 e. The SMILES string of the molecule is CSCn1c(C)nc2c(N3CCOCC3)nc(Cl)nc21. The molecule has 108 valence electrons. The quantitative estimate of drug-likeness (QED) is 0.807. The molecule has 0 amide bonds. The molecule has 2 aromatic rings. The van der Waals surface area contributed by atoms with E-state index in [1.54, 1.807) is 11.8 Å². The van der Waals surface area contributed by atoms with Gasteiger partial charge in [-0.1, -0.05) is 0 Å². The molecule has 0 bridgehead atoms. The van der Waals surface area contributed by atoms with Gasteiger partial charge in [0.15, 0.2) is 17.0 Å². The van der Waals surface area contributed by atoms with Crippen molar-refractivity contribution in [2.75, 3.05) is 37.5 Å². The molecule has 3 rings (SSSR count). The fourth-order valence-electron chi connectivity index (χ4n) is 2.35. The van der Waals surface area contributed by atoms with Crippen molar-refractivity contribution < 1.29 is 4.74 Å². The summed E-state index contributed by atoms with van der Waals surface area (Å²) < 4.78 is 7.45. The monoisotopic (exact) mass is 313 g/mol. The maximum atomic E-state index is 6.10. The fraction of sp³-hybridized carbons (Fsp3) is 0.583. The molecule has 2 aromatic heterocycles. The summed E-state index contributed by atoms with van der Waals surface area (Å²) in [6.07, 6.45) is 2.05. The highest BCUT2D eigenvalue weighted by Gasteiger charge is 2.21. The molecular formula is C12H16ClN5OS. The van der Waals surface area contributed by atoms with Crippen LogP contribution in [0.5, 0.6) is 0 Å². The molecule has 3 heterocycles. The predicted octanol–water partition coefficient (Wildman–Crippen LogP) is 1.95. The van der Waals surface area contributed by atoms with Crippen molar-refractivity contribution in [1.29, 1.82) is 0 Å². The van der Waals surface area contributed by atoms with Crippen LogP contribution >= 0.6 is 23.4 Å². The topological polar surface area (TPSA) is 56.1 Å². The number of halogens is 1. The number of imidazole rings is 1. The summed E-state index contributed by atoms with van der Waals surface area (Å²) in [5.74, 6) is 2.55. The minimum Gasteiger partial charge on any atom is -0.378 e. The van der Waals surface area contributed by atoms with E-state index in [2.05, 4.69) is 30.7 Å². The third-order valence-corrected chi connectivity index (χ3v) is 3.99. The number of anilines is 1. The number of fused-ring (bicyclic) bond motifs is 1. The van der Waals surface area contributed by atoms with Gasteiger partial charge in [0.25, 0.3) is 0 Å². The molecule has 0 saturated carbocycles. The maximum absolute atomic E-state index is 6.10. The van der Waals surface area contributed by atoms with Crippen LogP contribution in [0.1, 0.15) is 5.82 Å². The van der Waals surface area contributed by atoms with E-state index >= 15 is 0 Å². The fourth-order valence-corrected chi connectivity index (χ4v) is 3.08. The van der Waals surface area contributed by atoms with Gasteiger partial charge in [0.05, 0.1) is 19.1 Å². The predicted molar refractivity (Wildman–Crippen MR) is 81.6 cm³/mol. The van der Waals surface area contributed by atoms with Crippen molar-refractivity contribution in [2.45, 2.75) is 12.8 Å². The molecule has 0 spiro atoms. The molecule has 0 N–H and O–H groups in total. The van der Waals surface area contributed by atoms with Gasteiger partial charge in [0, 0.05) is 13.1 Å². The van der Waals surface area contributed by atoms with Crippen LogP contribution in [0.2, 0.25) is 5.28 Å². The zero-order chi connectivity index (χ0) is 14.1. The van der Waals surface area contributed by atoms with Crippen molar-refractivity contribution in [3.63, 3.8) is 0 Å². The van der Waals surface area contributed by atoms with Gasteiger partial charge in [-0.05, 0) is 24.8 Å². The average molecular weight is 314 g/mol. The summed E-state index contributed by atoms with van der Waals surface area (Å²) in [5.41, 5.74) is 1.63. The largest absolute Gasteiger partial charge is 0.378 e. The second kappa shape index (κ2) is 5.75. The van der Waals surface area contributed by atoms with Gasteiger partial charge in [-0.15, -0.1) is 11.8 Å². The number of hydrogen-bond acceptors (Lipinski definition) is 6. The van der Waals surface area contributed by atoms with E-state index in [9.17, 15) is 0 Å². The normalized spacial score (nSPS) is 16.1. The van der Waals surface area contributed by atoms with Gasteiger partial charge in [0.2, 0.25) is 5.28 Å². The van der Waals surface area contributed by atoms with Crippen LogP contribution in [0.25, 0.3) is 11.2 Å². The van der Waals surface area contributed by atoms with Gasteiger partial charge in [0.1, 0.15) is 5.82 Å². The Morgan fingerprint density at radius 1 is 1.25 bits per heavy atom. The van der Waals surface area contributed by atoms with Crippen LogP contribution < -0.4 is 4.90 Å². The molecule has 0 aliphatic carbocycles. The highest BCUT2D eigenvalue weighted by molar-refractivity contribution is 7.97. The van der Waals surface area contributed by atoms with Crippen LogP contribution in [0.15, 0.2) is 0 Å². The number of hydrogen-bond donors (Lipinski definition) is 0. The lowest BCUT2D eigenvalue weighted by Gasteiger charge is -2.27. The summed E-state index contributed by atoms with van der Waals surface area (Å²) in [5, 5.41) is 0.265. The third-order valence-electron chi connectivity index (χ3n) is 3.31. The van der Waals surface area contributed by atoms with E-state index in [0.29, 0.717) is 13.2 Å². The Labute approximate surface area is 126 Å². The average Bonchev–Trinajstić information content (AvgIpc) is 2.76. The minimum absolute atomic E-state index is 0.265. The molecule has 1 fully saturated rings. The lowest BCUT2D eigenvalue weighted by Crippen LogP contribution is -2.37. The number of ether oxygens (including phenoxy) is 1. The van der Waals surface area contributed by atoms with Crippen LogP contribution in [-0.4, -0.2) is 52.1 Å². The molecule has 0 radical (unpaired) electrons. The standard InChI is InChI=1S/C12H16ClN5OS/c1-8-14-9-10(17-3-5-19-6-4-17)15-12(13)16-11(9)18(8)7-20-2/h3-7H2,1-2H3. The minimum atomic E-state index is 0.265. The van der Waals surface area contributed by atoms with Crippen LogP contribution in [0.3, 0.4) is 0 Å². The molecular weight excluding hydrogens is 298 g/mol. The van der Waals surface area contributed by atoms with Gasteiger partial charge < -0.3 is 14.2 Å². The van der Waals surface area contributed by atoms with Crippen molar-refractivity contribution in [1.82, 2.24) is 19.5 Å². The van der Waals surface area contributed by atoms with E-state index in [1.165, 1.54) is 0 Å². The summed E-state index contributed by atoms with van der Waals surface area (Å²) in [6.45, 7) is 4.99. The lowest BCUT2D eigenvalue weighted by molar-refractivity contribution is 0.122. The second-order valence-electron chi connectivity index (χ2n) is 4.59. The second-order valence-corrected chi connectivity index (χ2v) is 5.77. The molecule has 20 heavy (non-hydrogen) atoms. The van der Waals surface area contributed by atoms with Gasteiger partial charge >= 0.3 is 0 Å². The van der Waals surface area contributed by atoms with Crippen LogP contribution in [0, 0.1) is 6.92 Å². The number of nitrogens with zero attached hydrogens (tertiary/aromatic N) is 5. The summed E-state index contributed by atoms with van der Waals surface area (Å²) in [7, 11) is 0. The number of morpholine rings is 1. The first kappa shape index (κ1) is 13.9. The zero-order valence-electron chi connectivity index (χ0n) is 11.5. The summed E-state index contributed by atoms with van der Waals surface area (Å²) >= 11 is 7.82. The van der Waals surface area contributed by atoms with Crippen molar-refractivity contribution in [2.24, 2.45) is 0 Å². The number of aromatic nitrogens is 4. The van der Waals surface area contributed by atoms with E-state index < -0.39 is 0 Å². The summed E-state index contributed by atoms with van der Waals surface area (Å²) in [6, 6.07) is 0. The van der Waals surface area contributed by atoms with E-state index in [0.717, 1.165) is 41.8 Å². The van der Waals surface area contributed by atoms with Crippen molar-refractivity contribution in [3.8, 4) is 0 Å². The van der Waals surface area contributed by atoms with Crippen LogP contribution in [0.4, 0.5) is 5.82 Å². The molecule has 1 aliphatic rings. The molecule has 1 saturated heterocycles. The first-order chi connectivity index (χ1) is 9.70.